The van der Waals surface area contributed by atoms with Crippen molar-refractivity contribution in [1.82, 2.24) is 4.98 Å². The number of ether oxygens (including phenoxy) is 1. The van der Waals surface area contributed by atoms with Crippen molar-refractivity contribution in [3.8, 4) is 0 Å². The monoisotopic (exact) mass is 251 g/mol. The first-order chi connectivity index (χ1) is 8.59. The summed E-state index contributed by atoms with van der Waals surface area (Å²) in [5.74, 6) is 0.728. The first kappa shape index (κ1) is 12.8. The molecule has 0 radical (unpaired) electrons. The van der Waals surface area contributed by atoms with Crippen LogP contribution in [-0.2, 0) is 4.74 Å². The van der Waals surface area contributed by atoms with Crippen LogP contribution in [0.4, 0.5) is 11.5 Å². The fourth-order valence-electron chi connectivity index (χ4n) is 2.18. The highest BCUT2D eigenvalue weighted by molar-refractivity contribution is 5.59. The van der Waals surface area contributed by atoms with Crippen LogP contribution >= 0.6 is 0 Å². The molecule has 6 nitrogen and oxygen atoms in total. The van der Waals surface area contributed by atoms with E-state index in [1.807, 2.05) is 6.92 Å². The average molecular weight is 251 g/mol. The second-order valence-electron chi connectivity index (χ2n) is 4.59. The summed E-state index contributed by atoms with van der Waals surface area (Å²) in [5, 5.41) is 14.1. The molecule has 6 heteroatoms. The van der Waals surface area contributed by atoms with E-state index in [4.69, 9.17) is 4.74 Å². The largest absolute Gasteiger partial charge is 0.378 e. The Kier molecular flexibility index (Phi) is 3.76. The van der Waals surface area contributed by atoms with E-state index in [1.165, 1.54) is 0 Å². The third-order valence-electron chi connectivity index (χ3n) is 3.37. The van der Waals surface area contributed by atoms with Crippen LogP contribution in [0, 0.1) is 23.0 Å². The topological polar surface area (TPSA) is 77.3 Å². The molecule has 98 valence electrons. The van der Waals surface area contributed by atoms with Crippen molar-refractivity contribution in [2.75, 3.05) is 18.5 Å². The Labute approximate surface area is 106 Å². The van der Waals surface area contributed by atoms with Gasteiger partial charge in [0.15, 0.2) is 0 Å². The van der Waals surface area contributed by atoms with Gasteiger partial charge in [-0.2, -0.15) is 0 Å². The lowest BCUT2D eigenvalue weighted by molar-refractivity contribution is -0.384. The number of hydrogen-bond donors (Lipinski definition) is 1. The maximum Gasteiger partial charge on any atom is 0.314 e. The number of anilines is 1. The number of aryl methyl sites for hydroxylation is 1. The van der Waals surface area contributed by atoms with Crippen molar-refractivity contribution in [1.29, 1.82) is 0 Å². The first-order valence-corrected chi connectivity index (χ1v) is 6.05. The number of rotatable bonds is 4. The Balaban J connectivity index is 2.09. The lowest BCUT2D eigenvalue weighted by Crippen LogP contribution is -2.21. The van der Waals surface area contributed by atoms with Crippen molar-refractivity contribution in [2.24, 2.45) is 5.92 Å². The van der Waals surface area contributed by atoms with Gasteiger partial charge in [0.2, 0.25) is 5.82 Å². The Hall–Kier alpha value is -1.69. The van der Waals surface area contributed by atoms with Crippen LogP contribution in [0.1, 0.15) is 18.9 Å². The van der Waals surface area contributed by atoms with E-state index in [0.717, 1.165) is 13.0 Å². The summed E-state index contributed by atoms with van der Waals surface area (Å²) >= 11 is 0. The summed E-state index contributed by atoms with van der Waals surface area (Å²) in [6, 6.07) is 1.64. The van der Waals surface area contributed by atoms with Gasteiger partial charge < -0.3 is 10.1 Å². The molecule has 0 aliphatic carbocycles. The van der Waals surface area contributed by atoms with Gasteiger partial charge in [0.25, 0.3) is 0 Å². The molecule has 1 aliphatic heterocycles. The highest BCUT2D eigenvalue weighted by Crippen LogP contribution is 2.27. The zero-order valence-corrected chi connectivity index (χ0v) is 10.5. The molecule has 0 bridgehead atoms. The van der Waals surface area contributed by atoms with Gasteiger partial charge in [0.1, 0.15) is 0 Å². The minimum absolute atomic E-state index is 0.0593. The fourth-order valence-corrected chi connectivity index (χ4v) is 2.18. The molecule has 0 saturated carbocycles. The summed E-state index contributed by atoms with van der Waals surface area (Å²) in [6.07, 6.45) is 2.76. The Morgan fingerprint density at radius 1 is 1.67 bits per heavy atom. The van der Waals surface area contributed by atoms with E-state index in [-0.39, 0.29) is 16.7 Å². The van der Waals surface area contributed by atoms with Crippen LogP contribution in [-0.4, -0.2) is 29.2 Å². The molecule has 1 aromatic rings. The lowest BCUT2D eigenvalue weighted by Gasteiger charge is -2.15. The molecule has 1 fully saturated rings. The van der Waals surface area contributed by atoms with Gasteiger partial charge in [-0.3, -0.25) is 10.1 Å². The standard InChI is InChI=1S/C12H17N3O3/c1-8-3-5-13-12(11(8)15(16)17)14-7-10-4-6-18-9(10)2/h3,5,9-10H,4,6-7H2,1-2H3,(H,13,14). The van der Waals surface area contributed by atoms with Crippen molar-refractivity contribution in [2.45, 2.75) is 26.4 Å². The Bertz CT molecular complexity index is 450. The van der Waals surface area contributed by atoms with E-state index in [0.29, 0.717) is 23.8 Å². The molecule has 2 rings (SSSR count). The molecule has 1 aromatic heterocycles. The highest BCUT2D eigenvalue weighted by atomic mass is 16.6. The van der Waals surface area contributed by atoms with Gasteiger partial charge in [-0.15, -0.1) is 0 Å². The van der Waals surface area contributed by atoms with Crippen LogP contribution in [0.3, 0.4) is 0 Å². The van der Waals surface area contributed by atoms with Crippen LogP contribution in [0.5, 0.6) is 0 Å². The van der Waals surface area contributed by atoms with E-state index < -0.39 is 0 Å². The first-order valence-electron chi connectivity index (χ1n) is 6.05. The van der Waals surface area contributed by atoms with Crippen molar-refractivity contribution in [3.05, 3.63) is 27.9 Å². The molecule has 1 aliphatic rings. The van der Waals surface area contributed by atoms with Crippen molar-refractivity contribution < 1.29 is 9.66 Å². The second-order valence-corrected chi connectivity index (χ2v) is 4.59. The predicted molar refractivity (Wildman–Crippen MR) is 67.6 cm³/mol. The van der Waals surface area contributed by atoms with Gasteiger partial charge in [-0.25, -0.2) is 4.98 Å². The van der Waals surface area contributed by atoms with E-state index in [1.54, 1.807) is 19.2 Å². The number of pyridine rings is 1. The van der Waals surface area contributed by atoms with Crippen LogP contribution < -0.4 is 5.32 Å². The molecule has 1 N–H and O–H groups in total. The molecule has 2 heterocycles. The van der Waals surface area contributed by atoms with Crippen molar-refractivity contribution >= 4 is 11.5 Å². The SMILES string of the molecule is Cc1ccnc(NCC2CCOC2C)c1[N+](=O)[O-]. The maximum absolute atomic E-state index is 11.0. The summed E-state index contributed by atoms with van der Waals surface area (Å²) in [4.78, 5) is 14.7. The second kappa shape index (κ2) is 5.30. The molecular formula is C12H17N3O3. The van der Waals surface area contributed by atoms with Gasteiger partial charge >= 0.3 is 5.69 Å². The van der Waals surface area contributed by atoms with Gasteiger partial charge in [-0.1, -0.05) is 0 Å². The number of hydrogen-bond acceptors (Lipinski definition) is 5. The summed E-state index contributed by atoms with van der Waals surface area (Å²) in [5.41, 5.74) is 0.678. The normalized spacial score (nSPS) is 23.0. The number of nitro groups is 1. The summed E-state index contributed by atoms with van der Waals surface area (Å²) < 4.78 is 5.46. The predicted octanol–water partition coefficient (Wildman–Crippen LogP) is 2.14. The van der Waals surface area contributed by atoms with E-state index >= 15 is 0 Å². The maximum atomic E-state index is 11.0. The van der Waals surface area contributed by atoms with Gasteiger partial charge in [0, 0.05) is 30.8 Å². The molecule has 0 aromatic carbocycles. The summed E-state index contributed by atoms with van der Waals surface area (Å²) in [6.45, 7) is 5.15. The molecule has 0 amide bonds. The molecular weight excluding hydrogens is 234 g/mol. The lowest BCUT2D eigenvalue weighted by atomic mass is 10.0. The van der Waals surface area contributed by atoms with Crippen LogP contribution in [0.15, 0.2) is 12.3 Å². The molecule has 18 heavy (non-hydrogen) atoms. The van der Waals surface area contributed by atoms with Crippen LogP contribution in [0.2, 0.25) is 0 Å². The fraction of sp³-hybridized carbons (Fsp3) is 0.583. The summed E-state index contributed by atoms with van der Waals surface area (Å²) in [7, 11) is 0. The van der Waals surface area contributed by atoms with Gasteiger partial charge in [0.05, 0.1) is 11.0 Å². The average Bonchev–Trinajstić information content (AvgIpc) is 2.71. The van der Waals surface area contributed by atoms with Gasteiger partial charge in [-0.05, 0) is 26.3 Å². The highest BCUT2D eigenvalue weighted by Gasteiger charge is 2.25. The number of aromatic nitrogens is 1. The molecule has 2 unspecified atom stereocenters. The minimum atomic E-state index is -0.390. The van der Waals surface area contributed by atoms with E-state index in [9.17, 15) is 10.1 Å². The smallest absolute Gasteiger partial charge is 0.314 e. The third kappa shape index (κ3) is 2.59. The zero-order chi connectivity index (χ0) is 13.1. The third-order valence-corrected chi connectivity index (χ3v) is 3.37. The quantitative estimate of drug-likeness (QED) is 0.655. The molecule has 2 atom stereocenters. The van der Waals surface area contributed by atoms with Crippen molar-refractivity contribution in [3.63, 3.8) is 0 Å². The minimum Gasteiger partial charge on any atom is -0.378 e. The molecule has 0 spiro atoms. The number of nitrogens with zero attached hydrogens (tertiary/aromatic N) is 2. The Morgan fingerprint density at radius 3 is 3.06 bits per heavy atom. The molecule has 1 saturated heterocycles. The van der Waals surface area contributed by atoms with E-state index in [2.05, 4.69) is 10.3 Å². The zero-order valence-electron chi connectivity index (χ0n) is 10.5. The van der Waals surface area contributed by atoms with Crippen LogP contribution in [0.25, 0.3) is 0 Å². The Morgan fingerprint density at radius 2 is 2.44 bits per heavy atom. The number of nitrogens with one attached hydrogen (secondary N) is 1.